The Kier molecular flexibility index (Phi) is 5.29. The SMILES string of the molecule is CC(CC(=O)Nc1c(O)cccc1[N+](=O)[O-])CC(C)(C)C. The first-order valence-electron chi connectivity index (χ1n) is 6.86. The number of benzene rings is 1. The largest absolute Gasteiger partial charge is 0.505 e. The van der Waals surface area contributed by atoms with Crippen LogP contribution < -0.4 is 5.32 Å². The first-order chi connectivity index (χ1) is 9.60. The quantitative estimate of drug-likeness (QED) is 0.492. The molecule has 0 aromatic heterocycles. The van der Waals surface area contributed by atoms with Crippen LogP contribution >= 0.6 is 0 Å². The van der Waals surface area contributed by atoms with Gasteiger partial charge in [0.1, 0.15) is 5.75 Å². The lowest BCUT2D eigenvalue weighted by Crippen LogP contribution is -2.19. The molecule has 1 aromatic carbocycles. The van der Waals surface area contributed by atoms with Gasteiger partial charge in [0.2, 0.25) is 5.91 Å². The molecule has 0 fully saturated rings. The van der Waals surface area contributed by atoms with Gasteiger partial charge < -0.3 is 10.4 Å². The third kappa shape index (κ3) is 5.41. The molecule has 0 saturated carbocycles. The van der Waals surface area contributed by atoms with Gasteiger partial charge in [-0.1, -0.05) is 33.8 Å². The highest BCUT2D eigenvalue weighted by molar-refractivity contribution is 5.95. The molecule has 0 heterocycles. The van der Waals surface area contributed by atoms with Gasteiger partial charge in [0.15, 0.2) is 5.69 Å². The topological polar surface area (TPSA) is 92.5 Å². The lowest BCUT2D eigenvalue weighted by molar-refractivity contribution is -0.384. The molecule has 1 unspecified atom stereocenters. The number of para-hydroxylation sites is 1. The number of phenolic OH excluding ortho intramolecular Hbond substituents is 1. The van der Waals surface area contributed by atoms with E-state index >= 15 is 0 Å². The Bertz CT molecular complexity index is 535. The average Bonchev–Trinajstić information content (AvgIpc) is 2.28. The standard InChI is InChI=1S/C15H22N2O4/c1-10(9-15(2,3)4)8-13(19)16-14-11(17(20)21)6-5-7-12(14)18/h5-7,10,18H,8-9H2,1-4H3,(H,16,19). The molecular weight excluding hydrogens is 272 g/mol. The minimum Gasteiger partial charge on any atom is -0.505 e. The van der Waals surface area contributed by atoms with Crippen LogP contribution in [0.1, 0.15) is 40.5 Å². The van der Waals surface area contributed by atoms with Crippen molar-refractivity contribution in [3.05, 3.63) is 28.3 Å². The van der Waals surface area contributed by atoms with Gasteiger partial charge in [-0.3, -0.25) is 14.9 Å². The van der Waals surface area contributed by atoms with Crippen molar-refractivity contribution in [2.75, 3.05) is 5.32 Å². The molecule has 0 aliphatic rings. The first-order valence-corrected chi connectivity index (χ1v) is 6.86. The van der Waals surface area contributed by atoms with Crippen molar-refractivity contribution in [2.45, 2.75) is 40.5 Å². The number of carbonyl (C=O) groups is 1. The summed E-state index contributed by atoms with van der Waals surface area (Å²) in [5, 5.41) is 23.0. The van der Waals surface area contributed by atoms with E-state index in [4.69, 9.17) is 0 Å². The monoisotopic (exact) mass is 294 g/mol. The maximum atomic E-state index is 12.0. The summed E-state index contributed by atoms with van der Waals surface area (Å²) in [5.74, 6) is -0.493. The Labute approximate surface area is 124 Å². The van der Waals surface area contributed by atoms with Gasteiger partial charge in [0, 0.05) is 12.5 Å². The number of nitro benzene ring substituents is 1. The molecule has 0 spiro atoms. The third-order valence-electron chi connectivity index (χ3n) is 2.98. The van der Waals surface area contributed by atoms with E-state index in [1.165, 1.54) is 18.2 Å². The summed E-state index contributed by atoms with van der Waals surface area (Å²) in [4.78, 5) is 22.3. The summed E-state index contributed by atoms with van der Waals surface area (Å²) in [6.45, 7) is 8.24. The molecule has 0 aliphatic carbocycles. The summed E-state index contributed by atoms with van der Waals surface area (Å²) < 4.78 is 0. The van der Waals surface area contributed by atoms with Gasteiger partial charge in [-0.2, -0.15) is 0 Å². The molecule has 1 amide bonds. The van der Waals surface area contributed by atoms with Crippen LogP contribution in [0.5, 0.6) is 5.75 Å². The fourth-order valence-electron chi connectivity index (χ4n) is 2.43. The Morgan fingerprint density at radius 1 is 1.43 bits per heavy atom. The van der Waals surface area contributed by atoms with Crippen molar-refractivity contribution in [1.29, 1.82) is 0 Å². The number of nitrogens with zero attached hydrogens (tertiary/aromatic N) is 1. The number of carbonyl (C=O) groups excluding carboxylic acids is 1. The highest BCUT2D eigenvalue weighted by Crippen LogP contribution is 2.33. The molecule has 2 N–H and O–H groups in total. The lowest BCUT2D eigenvalue weighted by atomic mass is 9.84. The molecule has 21 heavy (non-hydrogen) atoms. The number of aromatic hydroxyl groups is 1. The second-order valence-corrected chi connectivity index (χ2v) is 6.55. The summed E-state index contributed by atoms with van der Waals surface area (Å²) in [7, 11) is 0. The fourth-order valence-corrected chi connectivity index (χ4v) is 2.43. The van der Waals surface area contributed by atoms with Gasteiger partial charge in [0.25, 0.3) is 5.69 Å². The molecule has 0 radical (unpaired) electrons. The van der Waals surface area contributed by atoms with Gasteiger partial charge in [-0.25, -0.2) is 0 Å². The van der Waals surface area contributed by atoms with Crippen LogP contribution in [-0.4, -0.2) is 15.9 Å². The third-order valence-corrected chi connectivity index (χ3v) is 2.98. The molecular formula is C15H22N2O4. The van der Waals surface area contributed by atoms with Gasteiger partial charge in [-0.15, -0.1) is 0 Å². The van der Waals surface area contributed by atoms with E-state index in [2.05, 4.69) is 26.1 Å². The van der Waals surface area contributed by atoms with E-state index < -0.39 is 4.92 Å². The number of hydrogen-bond acceptors (Lipinski definition) is 4. The first kappa shape index (κ1) is 16.9. The molecule has 6 nitrogen and oxygen atoms in total. The second-order valence-electron chi connectivity index (χ2n) is 6.55. The summed E-state index contributed by atoms with van der Waals surface area (Å²) in [6.07, 6.45) is 1.12. The molecule has 1 rings (SSSR count). The predicted molar refractivity (Wildman–Crippen MR) is 81.2 cm³/mol. The van der Waals surface area contributed by atoms with Crippen LogP contribution in [-0.2, 0) is 4.79 Å². The van der Waals surface area contributed by atoms with Crippen molar-refractivity contribution in [3.8, 4) is 5.75 Å². The summed E-state index contributed by atoms with van der Waals surface area (Å²) in [6, 6.07) is 3.92. The van der Waals surface area contributed by atoms with Crippen molar-refractivity contribution >= 4 is 17.3 Å². The molecule has 0 aliphatic heterocycles. The van der Waals surface area contributed by atoms with Crippen LogP contribution in [0.25, 0.3) is 0 Å². The Balaban J connectivity index is 2.78. The maximum Gasteiger partial charge on any atom is 0.296 e. The zero-order valence-electron chi connectivity index (χ0n) is 12.8. The number of nitro groups is 1. The van der Waals surface area contributed by atoms with Crippen LogP contribution in [0.4, 0.5) is 11.4 Å². The molecule has 0 bridgehead atoms. The van der Waals surface area contributed by atoms with Crippen LogP contribution in [0.3, 0.4) is 0 Å². The number of phenols is 1. The Morgan fingerprint density at radius 3 is 2.57 bits per heavy atom. The summed E-state index contributed by atoms with van der Waals surface area (Å²) >= 11 is 0. The van der Waals surface area contributed by atoms with E-state index in [0.717, 1.165) is 6.42 Å². The van der Waals surface area contributed by atoms with E-state index in [-0.39, 0.29) is 40.8 Å². The second kappa shape index (κ2) is 6.56. The lowest BCUT2D eigenvalue weighted by Gasteiger charge is -2.22. The smallest absolute Gasteiger partial charge is 0.296 e. The molecule has 1 aromatic rings. The summed E-state index contributed by atoms with van der Waals surface area (Å²) in [5.41, 5.74) is -0.345. The maximum absolute atomic E-state index is 12.0. The van der Waals surface area contributed by atoms with Crippen molar-refractivity contribution < 1.29 is 14.8 Å². The minimum atomic E-state index is -0.631. The van der Waals surface area contributed by atoms with E-state index in [1.807, 2.05) is 6.92 Å². The molecule has 1 atom stereocenters. The normalized spacial score (nSPS) is 12.8. The van der Waals surface area contributed by atoms with Crippen LogP contribution in [0.2, 0.25) is 0 Å². The predicted octanol–water partition coefficient (Wildman–Crippen LogP) is 3.70. The Morgan fingerprint density at radius 2 is 2.05 bits per heavy atom. The van der Waals surface area contributed by atoms with Gasteiger partial charge >= 0.3 is 0 Å². The highest BCUT2D eigenvalue weighted by Gasteiger charge is 2.22. The van der Waals surface area contributed by atoms with Gasteiger partial charge in [0.05, 0.1) is 4.92 Å². The zero-order chi connectivity index (χ0) is 16.2. The van der Waals surface area contributed by atoms with Crippen molar-refractivity contribution in [1.82, 2.24) is 0 Å². The number of amides is 1. The number of nitrogens with one attached hydrogen (secondary N) is 1. The highest BCUT2D eigenvalue weighted by atomic mass is 16.6. The average molecular weight is 294 g/mol. The van der Waals surface area contributed by atoms with Crippen molar-refractivity contribution in [3.63, 3.8) is 0 Å². The van der Waals surface area contributed by atoms with E-state index in [0.29, 0.717) is 0 Å². The molecule has 116 valence electrons. The van der Waals surface area contributed by atoms with Crippen molar-refractivity contribution in [2.24, 2.45) is 11.3 Å². The number of hydrogen-bond donors (Lipinski definition) is 2. The molecule has 0 saturated heterocycles. The number of anilines is 1. The number of rotatable bonds is 5. The van der Waals surface area contributed by atoms with E-state index in [9.17, 15) is 20.0 Å². The van der Waals surface area contributed by atoms with Crippen LogP contribution in [0.15, 0.2) is 18.2 Å². The van der Waals surface area contributed by atoms with E-state index in [1.54, 1.807) is 0 Å². The zero-order valence-corrected chi connectivity index (χ0v) is 12.8. The molecule has 6 heteroatoms. The minimum absolute atomic E-state index is 0.112. The fraction of sp³-hybridized carbons (Fsp3) is 0.533. The Hall–Kier alpha value is -2.11. The van der Waals surface area contributed by atoms with Crippen LogP contribution in [0, 0.1) is 21.4 Å². The van der Waals surface area contributed by atoms with Gasteiger partial charge in [-0.05, 0) is 23.8 Å².